The number of para-hydroxylation sites is 1. The summed E-state index contributed by atoms with van der Waals surface area (Å²) in [7, 11) is 1.53. The maximum absolute atomic E-state index is 13.7. The van der Waals surface area contributed by atoms with Crippen LogP contribution in [0.15, 0.2) is 24.3 Å². The molecule has 2 amide bonds. The van der Waals surface area contributed by atoms with Crippen LogP contribution in [0.4, 0.5) is 0 Å². The number of fused-ring (bicyclic) bond motifs is 1. The Morgan fingerprint density at radius 1 is 1.19 bits per heavy atom. The first kappa shape index (κ1) is 23.5. The fourth-order valence-corrected chi connectivity index (χ4v) is 4.35. The van der Waals surface area contributed by atoms with Crippen LogP contribution in [0.2, 0.25) is 0 Å². The molecule has 0 bridgehead atoms. The number of carbonyl (C=O) groups excluding carboxylic acids is 2. The molecule has 0 aromatic heterocycles. The van der Waals surface area contributed by atoms with Crippen molar-refractivity contribution in [3.63, 3.8) is 0 Å². The van der Waals surface area contributed by atoms with Crippen molar-refractivity contribution in [1.82, 2.24) is 9.80 Å². The van der Waals surface area contributed by atoms with Gasteiger partial charge in [0.15, 0.2) is 5.60 Å². The molecule has 1 unspecified atom stereocenters. The minimum absolute atomic E-state index is 0.0554. The van der Waals surface area contributed by atoms with Gasteiger partial charge in [-0.05, 0) is 58.1 Å². The zero-order chi connectivity index (χ0) is 22.5. The molecule has 3 rings (SSSR count). The average molecular weight is 433 g/mol. The molecule has 0 radical (unpaired) electrons. The van der Waals surface area contributed by atoms with Crippen molar-refractivity contribution in [3.05, 3.63) is 29.8 Å². The van der Waals surface area contributed by atoms with Crippen molar-refractivity contribution < 1.29 is 23.8 Å². The predicted octanol–water partition coefficient (Wildman–Crippen LogP) is 2.66. The number of methoxy groups -OCH3 is 1. The van der Waals surface area contributed by atoms with Crippen LogP contribution in [0.25, 0.3) is 0 Å². The molecule has 1 aromatic carbocycles. The largest absolute Gasteiger partial charge is 0.491 e. The Balaban J connectivity index is 1.84. The average Bonchev–Trinajstić information content (AvgIpc) is 2.79. The summed E-state index contributed by atoms with van der Waals surface area (Å²) in [6.45, 7) is 8.00. The molecule has 1 spiro atoms. The lowest BCUT2D eigenvalue weighted by Crippen LogP contribution is -2.64. The van der Waals surface area contributed by atoms with Gasteiger partial charge in [0.1, 0.15) is 18.0 Å². The lowest BCUT2D eigenvalue weighted by atomic mass is 9.90. The number of benzene rings is 1. The van der Waals surface area contributed by atoms with Crippen molar-refractivity contribution in [1.29, 1.82) is 0 Å². The van der Waals surface area contributed by atoms with Gasteiger partial charge >= 0.3 is 0 Å². The van der Waals surface area contributed by atoms with Crippen LogP contribution in [0, 0.1) is 0 Å². The van der Waals surface area contributed by atoms with E-state index in [1.807, 2.05) is 25.1 Å². The van der Waals surface area contributed by atoms with Crippen LogP contribution in [-0.2, 0) is 25.5 Å². The first-order valence-corrected chi connectivity index (χ1v) is 11.3. The van der Waals surface area contributed by atoms with Gasteiger partial charge < -0.3 is 24.0 Å². The highest BCUT2D eigenvalue weighted by Crippen LogP contribution is 2.30. The van der Waals surface area contributed by atoms with E-state index in [-0.39, 0.29) is 18.4 Å². The van der Waals surface area contributed by atoms with Crippen LogP contribution < -0.4 is 4.74 Å². The van der Waals surface area contributed by atoms with E-state index in [9.17, 15) is 9.59 Å². The Morgan fingerprint density at radius 3 is 2.71 bits per heavy atom. The second-order valence-electron chi connectivity index (χ2n) is 8.83. The predicted molar refractivity (Wildman–Crippen MR) is 118 cm³/mol. The Kier molecular flexibility index (Phi) is 7.59. The van der Waals surface area contributed by atoms with Crippen LogP contribution >= 0.6 is 0 Å². The number of morpholine rings is 1. The van der Waals surface area contributed by atoms with Crippen molar-refractivity contribution in [2.24, 2.45) is 0 Å². The lowest BCUT2D eigenvalue weighted by molar-refractivity contribution is -0.182. The van der Waals surface area contributed by atoms with Gasteiger partial charge in [0, 0.05) is 20.2 Å². The van der Waals surface area contributed by atoms with Crippen LogP contribution in [0.1, 0.15) is 45.6 Å². The maximum Gasteiger partial charge on any atom is 0.256 e. The van der Waals surface area contributed by atoms with E-state index in [4.69, 9.17) is 14.2 Å². The van der Waals surface area contributed by atoms with E-state index in [2.05, 4.69) is 6.07 Å². The van der Waals surface area contributed by atoms with Gasteiger partial charge in [0.05, 0.1) is 19.7 Å². The summed E-state index contributed by atoms with van der Waals surface area (Å²) in [5.74, 6) is 0.728. The van der Waals surface area contributed by atoms with Crippen molar-refractivity contribution >= 4 is 11.8 Å². The zero-order valence-electron chi connectivity index (χ0n) is 19.3. The van der Waals surface area contributed by atoms with Crippen molar-refractivity contribution in [2.75, 3.05) is 46.5 Å². The SMILES string of the molecule is CCN1CCOc2ccccc2CCCCC2(CN(C(=O)C(C)(C)OC)CCO2)C1=O. The molecule has 7 nitrogen and oxygen atoms in total. The summed E-state index contributed by atoms with van der Waals surface area (Å²) in [6.07, 6.45) is 3.22. The van der Waals surface area contributed by atoms with Gasteiger partial charge in [-0.1, -0.05) is 18.2 Å². The molecular weight excluding hydrogens is 396 g/mol. The highest BCUT2D eigenvalue weighted by Gasteiger charge is 2.48. The molecule has 2 heterocycles. The van der Waals surface area contributed by atoms with E-state index < -0.39 is 11.2 Å². The number of ether oxygens (including phenoxy) is 3. The van der Waals surface area contributed by atoms with Crippen LogP contribution in [0.3, 0.4) is 0 Å². The molecule has 2 aliphatic rings. The molecular formula is C24H36N2O5. The van der Waals surface area contributed by atoms with Gasteiger partial charge in [-0.25, -0.2) is 0 Å². The number of nitrogens with zero attached hydrogens (tertiary/aromatic N) is 2. The Labute approximate surface area is 185 Å². The van der Waals surface area contributed by atoms with Crippen molar-refractivity contribution in [3.8, 4) is 5.75 Å². The minimum atomic E-state index is -1.02. The second kappa shape index (κ2) is 10.0. The summed E-state index contributed by atoms with van der Waals surface area (Å²) in [6, 6.07) is 8.10. The fraction of sp³-hybridized carbons (Fsp3) is 0.667. The molecule has 7 heteroatoms. The Hall–Kier alpha value is -2.12. The first-order valence-electron chi connectivity index (χ1n) is 11.3. The quantitative estimate of drug-likeness (QED) is 0.735. The van der Waals surface area contributed by atoms with Gasteiger partial charge in [-0.3, -0.25) is 9.59 Å². The van der Waals surface area contributed by atoms with Crippen LogP contribution in [0.5, 0.6) is 5.75 Å². The summed E-state index contributed by atoms with van der Waals surface area (Å²) < 4.78 is 17.6. The summed E-state index contributed by atoms with van der Waals surface area (Å²) in [5, 5.41) is 0. The van der Waals surface area contributed by atoms with Gasteiger partial charge in [0.2, 0.25) is 0 Å². The standard InChI is InChI=1S/C24H36N2O5/c1-5-25-14-16-30-20-12-7-6-10-19(20)11-8-9-13-24(22(25)28)18-26(15-17-31-24)21(27)23(2,3)29-4/h6-7,10,12H,5,8-9,11,13-18H2,1-4H3. The number of hydrogen-bond donors (Lipinski definition) is 0. The monoisotopic (exact) mass is 432 g/mol. The first-order chi connectivity index (χ1) is 14.8. The number of rotatable bonds is 3. The number of hydrogen-bond acceptors (Lipinski definition) is 5. The number of aryl methyl sites for hydroxylation is 1. The Bertz CT molecular complexity index is 781. The number of likely N-dealkylation sites (N-methyl/N-ethyl adjacent to an activating group) is 1. The van der Waals surface area contributed by atoms with Gasteiger partial charge in [-0.2, -0.15) is 0 Å². The summed E-state index contributed by atoms with van der Waals surface area (Å²) in [5.41, 5.74) is -0.767. The zero-order valence-corrected chi connectivity index (χ0v) is 19.3. The highest BCUT2D eigenvalue weighted by atomic mass is 16.5. The topological polar surface area (TPSA) is 68.3 Å². The molecule has 172 valence electrons. The summed E-state index contributed by atoms with van der Waals surface area (Å²) >= 11 is 0. The molecule has 1 fully saturated rings. The molecule has 0 N–H and O–H groups in total. The maximum atomic E-state index is 13.7. The van der Waals surface area contributed by atoms with E-state index in [1.165, 1.54) is 12.7 Å². The van der Waals surface area contributed by atoms with E-state index >= 15 is 0 Å². The Morgan fingerprint density at radius 2 is 1.97 bits per heavy atom. The van der Waals surface area contributed by atoms with E-state index in [0.717, 1.165) is 25.0 Å². The molecule has 2 aliphatic heterocycles. The third kappa shape index (κ3) is 5.21. The fourth-order valence-electron chi connectivity index (χ4n) is 4.35. The second-order valence-corrected chi connectivity index (χ2v) is 8.83. The number of carbonyl (C=O) groups is 2. The number of amides is 2. The van der Waals surface area contributed by atoms with Crippen LogP contribution in [-0.4, -0.2) is 79.3 Å². The molecule has 0 aliphatic carbocycles. The molecule has 1 aromatic rings. The van der Waals surface area contributed by atoms with Gasteiger partial charge in [0.25, 0.3) is 11.8 Å². The summed E-state index contributed by atoms with van der Waals surface area (Å²) in [4.78, 5) is 30.3. The van der Waals surface area contributed by atoms with Gasteiger partial charge in [-0.15, -0.1) is 0 Å². The lowest BCUT2D eigenvalue weighted by Gasteiger charge is -2.45. The van der Waals surface area contributed by atoms with Crippen molar-refractivity contribution in [2.45, 2.75) is 57.7 Å². The smallest absolute Gasteiger partial charge is 0.256 e. The molecule has 1 atom stereocenters. The highest BCUT2D eigenvalue weighted by molar-refractivity contribution is 5.89. The third-order valence-corrected chi connectivity index (χ3v) is 6.43. The minimum Gasteiger partial charge on any atom is -0.491 e. The molecule has 1 saturated heterocycles. The molecule has 31 heavy (non-hydrogen) atoms. The normalized spacial score (nSPS) is 23.5. The molecule has 0 saturated carbocycles. The van der Waals surface area contributed by atoms with E-state index in [1.54, 1.807) is 23.6 Å². The van der Waals surface area contributed by atoms with E-state index in [0.29, 0.717) is 39.3 Å². The third-order valence-electron chi connectivity index (χ3n) is 6.43.